The Balaban J connectivity index is 0.00000480. The van der Waals surface area contributed by atoms with Crippen LogP contribution in [0.3, 0.4) is 0 Å². The summed E-state index contributed by atoms with van der Waals surface area (Å²) in [4.78, 5) is 53.2. The summed E-state index contributed by atoms with van der Waals surface area (Å²) >= 11 is 1.01. The number of ether oxygens (including phenoxy) is 1. The number of nitrogens with two attached hydrogens (primary N) is 1. The van der Waals surface area contributed by atoms with Crippen LogP contribution in [0, 0.1) is 16.0 Å². The van der Waals surface area contributed by atoms with Crippen molar-refractivity contribution in [1.82, 2.24) is 4.90 Å². The third-order valence-corrected chi connectivity index (χ3v) is 5.85. The number of rotatable bonds is 9. The van der Waals surface area contributed by atoms with E-state index in [-0.39, 0.29) is 36.6 Å². The number of amides is 1. The van der Waals surface area contributed by atoms with Crippen LogP contribution >= 0.6 is 11.8 Å². The Bertz CT molecular complexity index is 803. The number of carbonyl (C=O) groups excluding carboxylic acids is 3. The number of carbonyl (C=O) groups is 3. The Labute approximate surface area is 185 Å². The van der Waals surface area contributed by atoms with Crippen LogP contribution in [0.2, 0.25) is 0 Å². The molecule has 2 N–H and O–H groups in total. The number of likely N-dealkylation sites (tertiary alicyclic amines) is 1. The van der Waals surface area contributed by atoms with Crippen LogP contribution in [0.5, 0.6) is 5.75 Å². The summed E-state index contributed by atoms with van der Waals surface area (Å²) in [7, 11) is 0. The number of esters is 1. The van der Waals surface area contributed by atoms with Crippen LogP contribution < -0.4 is 10.5 Å². The SMILES string of the molecule is C.CC(N)C(=O)SC[C@@H](C)C(=O)N1CCC[C@H]1C(=O)Oc1cccc(CO[N+](=O)[O-])c1. The number of hydrogen-bond acceptors (Lipinski definition) is 9. The molecule has 1 fully saturated rings. The third kappa shape index (κ3) is 7.83. The van der Waals surface area contributed by atoms with E-state index in [4.69, 9.17) is 10.5 Å². The average Bonchev–Trinajstić information content (AvgIpc) is 3.19. The second-order valence-electron chi connectivity index (χ2n) is 7.07. The van der Waals surface area contributed by atoms with E-state index in [9.17, 15) is 24.5 Å². The molecule has 0 radical (unpaired) electrons. The predicted octanol–water partition coefficient (Wildman–Crippen LogP) is 2.17. The number of thioether (sulfide) groups is 1. The second kappa shape index (κ2) is 12.3. The van der Waals surface area contributed by atoms with E-state index in [0.29, 0.717) is 24.9 Å². The summed E-state index contributed by atoms with van der Waals surface area (Å²) in [5.41, 5.74) is 6.00. The van der Waals surface area contributed by atoms with Crippen LogP contribution in [0.1, 0.15) is 39.7 Å². The van der Waals surface area contributed by atoms with E-state index in [1.807, 2.05) is 0 Å². The van der Waals surface area contributed by atoms with Gasteiger partial charge in [0, 0.05) is 18.2 Å². The zero-order valence-electron chi connectivity index (χ0n) is 16.8. The number of hydrogen-bond donors (Lipinski definition) is 1. The summed E-state index contributed by atoms with van der Waals surface area (Å²) in [6.07, 6.45) is 1.15. The lowest BCUT2D eigenvalue weighted by atomic mass is 10.1. The molecule has 1 saturated heterocycles. The van der Waals surface area contributed by atoms with Crippen molar-refractivity contribution in [1.29, 1.82) is 0 Å². The topological polar surface area (TPSA) is 142 Å². The van der Waals surface area contributed by atoms with Gasteiger partial charge >= 0.3 is 5.97 Å². The van der Waals surface area contributed by atoms with Gasteiger partial charge in [0.2, 0.25) is 11.0 Å². The first-order valence-corrected chi connectivity index (χ1v) is 10.5. The van der Waals surface area contributed by atoms with Crippen molar-refractivity contribution < 1.29 is 29.0 Å². The van der Waals surface area contributed by atoms with Gasteiger partial charge in [0.05, 0.1) is 6.04 Å². The molecule has 3 atom stereocenters. The molecule has 2 rings (SSSR count). The zero-order chi connectivity index (χ0) is 22.3. The van der Waals surface area contributed by atoms with Gasteiger partial charge in [-0.25, -0.2) is 4.79 Å². The molecule has 1 heterocycles. The highest BCUT2D eigenvalue weighted by Crippen LogP contribution is 2.24. The Morgan fingerprint density at radius 1 is 1.35 bits per heavy atom. The van der Waals surface area contributed by atoms with E-state index < -0.39 is 29.1 Å². The summed E-state index contributed by atoms with van der Waals surface area (Å²) in [5, 5.41) is 9.23. The van der Waals surface area contributed by atoms with Gasteiger partial charge < -0.3 is 20.2 Å². The standard InChI is InChI=1S/C19H25N3O7S.CH4/c1-12(11-30-19(25)13(2)20)17(23)21-8-4-7-16(21)18(24)29-15-6-3-5-14(9-15)10-28-22(26)27;/h3,5-6,9,12-13,16H,4,7-8,10-11,20H2,1-2H3;1H4/t12-,13?,16+;/m1./s1. The van der Waals surface area contributed by atoms with Gasteiger partial charge in [-0.1, -0.05) is 38.2 Å². The summed E-state index contributed by atoms with van der Waals surface area (Å²) in [6, 6.07) is 4.91. The Morgan fingerprint density at radius 3 is 2.71 bits per heavy atom. The maximum Gasteiger partial charge on any atom is 0.334 e. The van der Waals surface area contributed by atoms with Crippen LogP contribution in [0.4, 0.5) is 0 Å². The third-order valence-electron chi connectivity index (χ3n) is 4.53. The Hall–Kier alpha value is -2.66. The van der Waals surface area contributed by atoms with Crippen molar-refractivity contribution in [3.63, 3.8) is 0 Å². The summed E-state index contributed by atoms with van der Waals surface area (Å²) in [6.45, 7) is 3.48. The zero-order valence-corrected chi connectivity index (χ0v) is 17.6. The fourth-order valence-electron chi connectivity index (χ4n) is 2.98. The maximum absolute atomic E-state index is 12.8. The van der Waals surface area contributed by atoms with Gasteiger partial charge in [-0.05, 0) is 37.5 Å². The van der Waals surface area contributed by atoms with Gasteiger partial charge in [-0.3, -0.25) is 9.59 Å². The number of benzene rings is 1. The van der Waals surface area contributed by atoms with Crippen molar-refractivity contribution in [2.75, 3.05) is 12.3 Å². The highest BCUT2D eigenvalue weighted by atomic mass is 32.2. The van der Waals surface area contributed by atoms with Gasteiger partial charge in [0.25, 0.3) is 5.09 Å². The molecule has 1 aromatic rings. The first kappa shape index (κ1) is 26.4. The van der Waals surface area contributed by atoms with Crippen LogP contribution in [-0.2, 0) is 25.8 Å². The van der Waals surface area contributed by atoms with Crippen LogP contribution in [0.25, 0.3) is 0 Å². The summed E-state index contributed by atoms with van der Waals surface area (Å²) < 4.78 is 5.40. The minimum Gasteiger partial charge on any atom is -0.425 e. The monoisotopic (exact) mass is 455 g/mol. The van der Waals surface area contributed by atoms with E-state index in [2.05, 4.69) is 4.84 Å². The second-order valence-corrected chi connectivity index (χ2v) is 8.10. The van der Waals surface area contributed by atoms with Crippen molar-refractivity contribution >= 4 is 28.8 Å². The lowest BCUT2D eigenvalue weighted by Gasteiger charge is -2.26. The molecule has 10 nitrogen and oxygen atoms in total. The molecular weight excluding hydrogens is 426 g/mol. The highest BCUT2D eigenvalue weighted by molar-refractivity contribution is 8.13. The first-order valence-electron chi connectivity index (χ1n) is 9.49. The predicted molar refractivity (Wildman–Crippen MR) is 116 cm³/mol. The van der Waals surface area contributed by atoms with Gasteiger partial charge in [-0.2, -0.15) is 0 Å². The molecule has 0 spiro atoms. The Morgan fingerprint density at radius 2 is 2.06 bits per heavy atom. The van der Waals surface area contributed by atoms with Crippen LogP contribution in [0.15, 0.2) is 24.3 Å². The minimum atomic E-state index is -0.901. The number of nitrogens with zero attached hydrogens (tertiary/aromatic N) is 2. The van der Waals surface area contributed by atoms with E-state index >= 15 is 0 Å². The summed E-state index contributed by atoms with van der Waals surface area (Å²) in [5.74, 6) is -0.730. The average molecular weight is 456 g/mol. The van der Waals surface area contributed by atoms with E-state index in [1.54, 1.807) is 32.0 Å². The van der Waals surface area contributed by atoms with Gasteiger partial charge in [0.15, 0.2) is 0 Å². The molecule has 1 amide bonds. The molecule has 0 saturated carbocycles. The molecule has 1 aliphatic rings. The van der Waals surface area contributed by atoms with Gasteiger partial charge in [-0.15, -0.1) is 10.1 Å². The fourth-order valence-corrected chi connectivity index (χ4v) is 3.80. The molecule has 1 aliphatic heterocycles. The smallest absolute Gasteiger partial charge is 0.334 e. The lowest BCUT2D eigenvalue weighted by molar-refractivity contribution is -0.763. The van der Waals surface area contributed by atoms with E-state index in [1.165, 1.54) is 11.0 Å². The molecule has 1 unspecified atom stereocenters. The molecule has 172 valence electrons. The molecule has 0 aromatic heterocycles. The van der Waals surface area contributed by atoms with Gasteiger partial charge in [0.1, 0.15) is 18.4 Å². The van der Waals surface area contributed by atoms with E-state index in [0.717, 1.165) is 11.8 Å². The van der Waals surface area contributed by atoms with Crippen molar-refractivity contribution in [3.05, 3.63) is 39.9 Å². The maximum atomic E-state index is 12.8. The van der Waals surface area contributed by atoms with Crippen LogP contribution in [-0.4, -0.2) is 51.4 Å². The first-order chi connectivity index (χ1) is 14.2. The molecule has 31 heavy (non-hydrogen) atoms. The molecule has 0 bridgehead atoms. The van der Waals surface area contributed by atoms with Crippen molar-refractivity contribution in [2.24, 2.45) is 11.7 Å². The normalized spacial score (nSPS) is 17.3. The largest absolute Gasteiger partial charge is 0.425 e. The molecular formula is C20H29N3O7S. The fraction of sp³-hybridized carbons (Fsp3) is 0.550. The molecule has 0 aliphatic carbocycles. The Kier molecular flexibility index (Phi) is 10.4. The highest BCUT2D eigenvalue weighted by Gasteiger charge is 2.37. The molecule has 1 aromatic carbocycles. The quantitative estimate of drug-likeness (QED) is 0.256. The van der Waals surface area contributed by atoms with Crippen molar-refractivity contribution in [2.45, 2.75) is 52.8 Å². The molecule has 11 heteroatoms. The van der Waals surface area contributed by atoms with Crippen molar-refractivity contribution in [3.8, 4) is 5.75 Å². The lowest BCUT2D eigenvalue weighted by Crippen LogP contribution is -2.45. The minimum absolute atomic E-state index is 0.